The molecule has 3 aromatic rings. The molecule has 1 unspecified atom stereocenters. The predicted octanol–water partition coefficient (Wildman–Crippen LogP) is 4.65. The maximum Gasteiger partial charge on any atom is 0.341 e. The summed E-state index contributed by atoms with van der Waals surface area (Å²) in [6.07, 6.45) is 0.990. The SMILES string of the molecule is CCCC(CNS(=O)(=O)c1sc2ccc(F)cc2c1C)Oc1ccc(OCC(=O)O)c(C)c1. The zero-order valence-corrected chi connectivity index (χ0v) is 20.2. The molecule has 0 saturated heterocycles. The van der Waals surface area contributed by atoms with Crippen LogP contribution in [-0.4, -0.2) is 38.7 Å². The molecule has 1 heterocycles. The summed E-state index contributed by atoms with van der Waals surface area (Å²) in [5.74, 6) is -0.508. The molecule has 1 aromatic heterocycles. The summed E-state index contributed by atoms with van der Waals surface area (Å²) in [6.45, 7) is 5.04. The predicted molar refractivity (Wildman–Crippen MR) is 125 cm³/mol. The second-order valence-corrected chi connectivity index (χ2v) is 10.7. The van der Waals surface area contributed by atoms with Crippen molar-refractivity contribution >= 4 is 37.4 Å². The topological polar surface area (TPSA) is 102 Å². The summed E-state index contributed by atoms with van der Waals surface area (Å²) in [7, 11) is -3.81. The normalized spacial score (nSPS) is 12.6. The molecular formula is C23H26FNO6S2. The molecule has 33 heavy (non-hydrogen) atoms. The zero-order valence-electron chi connectivity index (χ0n) is 18.6. The molecule has 0 amide bonds. The number of benzene rings is 2. The van der Waals surface area contributed by atoms with Crippen LogP contribution in [0.5, 0.6) is 11.5 Å². The highest BCUT2D eigenvalue weighted by molar-refractivity contribution is 7.91. The molecule has 0 aliphatic carbocycles. The Morgan fingerprint density at radius 1 is 1.21 bits per heavy atom. The van der Waals surface area contributed by atoms with E-state index in [0.29, 0.717) is 39.1 Å². The van der Waals surface area contributed by atoms with Gasteiger partial charge in [-0.1, -0.05) is 13.3 Å². The van der Waals surface area contributed by atoms with E-state index in [2.05, 4.69) is 4.72 Å². The van der Waals surface area contributed by atoms with Crippen molar-refractivity contribution in [2.75, 3.05) is 13.2 Å². The first-order valence-electron chi connectivity index (χ1n) is 10.4. The zero-order chi connectivity index (χ0) is 24.2. The summed E-state index contributed by atoms with van der Waals surface area (Å²) in [4.78, 5) is 10.7. The van der Waals surface area contributed by atoms with Crippen molar-refractivity contribution in [1.29, 1.82) is 0 Å². The number of hydrogen-bond donors (Lipinski definition) is 2. The van der Waals surface area contributed by atoms with Crippen LogP contribution < -0.4 is 14.2 Å². The Morgan fingerprint density at radius 3 is 2.64 bits per heavy atom. The number of aliphatic carboxylic acids is 1. The molecule has 0 fully saturated rings. The second kappa shape index (κ2) is 10.5. The molecule has 0 radical (unpaired) electrons. The average molecular weight is 496 g/mol. The molecule has 10 heteroatoms. The first-order valence-corrected chi connectivity index (χ1v) is 12.7. The summed E-state index contributed by atoms with van der Waals surface area (Å²) in [5, 5.41) is 9.34. The largest absolute Gasteiger partial charge is 0.489 e. The van der Waals surface area contributed by atoms with Gasteiger partial charge in [0.1, 0.15) is 27.6 Å². The van der Waals surface area contributed by atoms with Gasteiger partial charge in [0.05, 0.1) is 0 Å². The highest BCUT2D eigenvalue weighted by Gasteiger charge is 2.23. The Bertz CT molecular complexity index is 1260. The highest BCUT2D eigenvalue weighted by atomic mass is 32.2. The third-order valence-corrected chi connectivity index (χ3v) is 8.33. The maximum absolute atomic E-state index is 13.6. The van der Waals surface area contributed by atoms with E-state index < -0.39 is 34.5 Å². The Balaban J connectivity index is 1.72. The number of rotatable bonds is 11. The van der Waals surface area contributed by atoms with E-state index in [4.69, 9.17) is 14.6 Å². The Morgan fingerprint density at radius 2 is 1.97 bits per heavy atom. The molecular weight excluding hydrogens is 469 g/mol. The molecule has 3 rings (SSSR count). The smallest absolute Gasteiger partial charge is 0.341 e. The lowest BCUT2D eigenvalue weighted by Gasteiger charge is -2.20. The second-order valence-electron chi connectivity index (χ2n) is 7.65. The minimum absolute atomic E-state index is 0.0640. The summed E-state index contributed by atoms with van der Waals surface area (Å²) in [5.41, 5.74) is 1.22. The summed E-state index contributed by atoms with van der Waals surface area (Å²) in [6, 6.07) is 9.24. The lowest BCUT2D eigenvalue weighted by Crippen LogP contribution is -2.35. The maximum atomic E-state index is 13.6. The Kier molecular flexibility index (Phi) is 7.93. The van der Waals surface area contributed by atoms with Crippen molar-refractivity contribution in [3.63, 3.8) is 0 Å². The van der Waals surface area contributed by atoms with E-state index in [-0.39, 0.29) is 10.8 Å². The van der Waals surface area contributed by atoms with Gasteiger partial charge in [-0.05, 0) is 73.2 Å². The van der Waals surface area contributed by atoms with Gasteiger partial charge in [-0.15, -0.1) is 11.3 Å². The molecule has 0 saturated carbocycles. The number of aryl methyl sites for hydroxylation is 2. The third kappa shape index (κ3) is 6.21. The van der Waals surface area contributed by atoms with E-state index in [1.165, 1.54) is 12.1 Å². The number of hydrogen-bond acceptors (Lipinski definition) is 6. The highest BCUT2D eigenvalue weighted by Crippen LogP contribution is 2.34. The fourth-order valence-corrected chi connectivity index (χ4v) is 6.26. The number of sulfonamides is 1. The van der Waals surface area contributed by atoms with Gasteiger partial charge in [0.2, 0.25) is 10.0 Å². The van der Waals surface area contributed by atoms with E-state index in [0.717, 1.165) is 17.8 Å². The minimum atomic E-state index is -3.81. The molecule has 0 bridgehead atoms. The van der Waals surface area contributed by atoms with Crippen LogP contribution >= 0.6 is 11.3 Å². The van der Waals surface area contributed by atoms with Crippen LogP contribution in [0, 0.1) is 19.7 Å². The van der Waals surface area contributed by atoms with Crippen LogP contribution in [0.25, 0.3) is 10.1 Å². The molecule has 0 aliphatic rings. The average Bonchev–Trinajstić information content (AvgIpc) is 3.08. The van der Waals surface area contributed by atoms with Gasteiger partial charge in [-0.25, -0.2) is 22.3 Å². The first-order chi connectivity index (χ1) is 15.6. The van der Waals surface area contributed by atoms with E-state index in [1.54, 1.807) is 38.1 Å². The first kappa shape index (κ1) is 24.9. The monoisotopic (exact) mass is 495 g/mol. The number of nitrogens with one attached hydrogen (secondary N) is 1. The molecule has 178 valence electrons. The number of thiophene rings is 1. The number of carboxylic acids is 1. The van der Waals surface area contributed by atoms with Gasteiger partial charge in [-0.2, -0.15) is 0 Å². The lowest BCUT2D eigenvalue weighted by molar-refractivity contribution is -0.139. The summed E-state index contributed by atoms with van der Waals surface area (Å²) < 4.78 is 54.3. The molecule has 0 aliphatic heterocycles. The van der Waals surface area contributed by atoms with Gasteiger partial charge in [0.15, 0.2) is 6.61 Å². The van der Waals surface area contributed by atoms with Crippen LogP contribution in [0.3, 0.4) is 0 Å². The van der Waals surface area contributed by atoms with Gasteiger partial charge < -0.3 is 14.6 Å². The van der Waals surface area contributed by atoms with Crippen LogP contribution in [-0.2, 0) is 14.8 Å². The standard InChI is InChI=1S/C23H26FNO6S2/c1-4-5-18(31-17-7-8-20(14(2)10-17)30-13-22(26)27)12-25-33(28,29)23-15(3)19-11-16(24)6-9-21(19)32-23/h6-11,18,25H,4-5,12-13H2,1-3H3,(H,26,27). The van der Waals surface area contributed by atoms with Crippen molar-refractivity contribution in [1.82, 2.24) is 4.72 Å². The Labute approximate surface area is 196 Å². The number of fused-ring (bicyclic) bond motifs is 1. The van der Waals surface area contributed by atoms with Crippen molar-refractivity contribution in [3.05, 3.63) is 53.3 Å². The van der Waals surface area contributed by atoms with Crippen LogP contribution in [0.1, 0.15) is 30.9 Å². The van der Waals surface area contributed by atoms with Crippen molar-refractivity contribution < 1.29 is 32.2 Å². The quantitative estimate of drug-likeness (QED) is 0.402. The van der Waals surface area contributed by atoms with Gasteiger partial charge in [0.25, 0.3) is 0 Å². The number of carboxylic acid groups (broad SMARTS) is 1. The van der Waals surface area contributed by atoms with Gasteiger partial charge in [-0.3, -0.25) is 0 Å². The van der Waals surface area contributed by atoms with Gasteiger partial charge >= 0.3 is 5.97 Å². The van der Waals surface area contributed by atoms with Crippen LogP contribution in [0.2, 0.25) is 0 Å². The fourth-order valence-electron chi connectivity index (χ4n) is 3.41. The van der Waals surface area contributed by atoms with Crippen molar-refractivity contribution in [2.45, 2.75) is 43.9 Å². The van der Waals surface area contributed by atoms with E-state index in [1.807, 2.05) is 6.92 Å². The van der Waals surface area contributed by atoms with Crippen LogP contribution in [0.4, 0.5) is 4.39 Å². The minimum Gasteiger partial charge on any atom is -0.489 e. The Hall–Kier alpha value is -2.69. The molecule has 2 N–H and O–H groups in total. The van der Waals surface area contributed by atoms with E-state index in [9.17, 15) is 17.6 Å². The molecule has 1 atom stereocenters. The number of halogens is 1. The van der Waals surface area contributed by atoms with Crippen molar-refractivity contribution in [3.8, 4) is 11.5 Å². The van der Waals surface area contributed by atoms with E-state index >= 15 is 0 Å². The molecule has 0 spiro atoms. The molecule has 7 nitrogen and oxygen atoms in total. The van der Waals surface area contributed by atoms with Crippen molar-refractivity contribution in [2.24, 2.45) is 0 Å². The van der Waals surface area contributed by atoms with Crippen LogP contribution in [0.15, 0.2) is 40.6 Å². The lowest BCUT2D eigenvalue weighted by atomic mass is 10.2. The third-order valence-electron chi connectivity index (χ3n) is 5.01. The summed E-state index contributed by atoms with van der Waals surface area (Å²) >= 11 is 1.11. The fraction of sp³-hybridized carbons (Fsp3) is 0.348. The van der Waals surface area contributed by atoms with Gasteiger partial charge in [0, 0.05) is 11.2 Å². The number of carbonyl (C=O) groups is 1. The number of ether oxygens (including phenoxy) is 2. The molecule has 2 aromatic carbocycles.